The van der Waals surface area contributed by atoms with Gasteiger partial charge in [0.1, 0.15) is 0 Å². The topological polar surface area (TPSA) is 46.9 Å². The van der Waals surface area contributed by atoms with Gasteiger partial charge in [-0.25, -0.2) is 0 Å². The number of rotatable bonds is 3. The van der Waals surface area contributed by atoms with Gasteiger partial charge in [-0.15, -0.1) is 0 Å². The van der Waals surface area contributed by atoms with E-state index in [1.54, 1.807) is 18.2 Å². The van der Waals surface area contributed by atoms with Crippen molar-refractivity contribution >= 4 is 33.4 Å². The first-order valence-electron chi connectivity index (χ1n) is 6.12. The molecular weight excluding hydrogens is 342 g/mol. The molecule has 0 unspecified atom stereocenters. The summed E-state index contributed by atoms with van der Waals surface area (Å²) in [5, 5.41) is 7.74. The molecule has 2 rings (SSSR count). The summed E-state index contributed by atoms with van der Waals surface area (Å²) in [6, 6.07) is 5.13. The molecule has 0 atom stereocenters. The number of carbonyl (C=O) groups excluding carboxylic acids is 1. The second-order valence-corrected chi connectivity index (χ2v) is 5.85. The summed E-state index contributed by atoms with van der Waals surface area (Å²) in [7, 11) is 1.89. The Bertz CT molecular complexity index is 667. The van der Waals surface area contributed by atoms with Gasteiger partial charge in [-0.2, -0.15) is 5.10 Å². The van der Waals surface area contributed by atoms with Gasteiger partial charge in [0.15, 0.2) is 0 Å². The van der Waals surface area contributed by atoms with Gasteiger partial charge < -0.3 is 5.32 Å². The summed E-state index contributed by atoms with van der Waals surface area (Å²) < 4.78 is 2.59. The van der Waals surface area contributed by atoms with Crippen LogP contribution in [0.25, 0.3) is 0 Å². The molecule has 2 aromatic rings. The third-order valence-electron chi connectivity index (χ3n) is 3.27. The number of hydrogen-bond acceptors (Lipinski definition) is 2. The Labute approximate surface area is 131 Å². The van der Waals surface area contributed by atoms with E-state index in [1.165, 1.54) is 0 Å². The summed E-state index contributed by atoms with van der Waals surface area (Å²) in [4.78, 5) is 12.1. The minimum atomic E-state index is -0.151. The number of hydrogen-bond donors (Lipinski definition) is 1. The molecule has 1 aromatic heterocycles. The molecule has 0 aliphatic heterocycles. The fourth-order valence-electron chi connectivity index (χ4n) is 1.98. The van der Waals surface area contributed by atoms with Crippen LogP contribution in [0.15, 0.2) is 22.7 Å². The zero-order chi connectivity index (χ0) is 14.9. The molecular formula is C14H15BrClN3O. The molecule has 1 N–H and O–H groups in total. The van der Waals surface area contributed by atoms with Gasteiger partial charge in [-0.05, 0) is 48.0 Å². The van der Waals surface area contributed by atoms with Crippen LogP contribution in [-0.4, -0.2) is 15.7 Å². The van der Waals surface area contributed by atoms with Gasteiger partial charge >= 0.3 is 0 Å². The quantitative estimate of drug-likeness (QED) is 0.916. The molecule has 6 heteroatoms. The first-order valence-corrected chi connectivity index (χ1v) is 7.29. The number of nitrogens with one attached hydrogen (secondary N) is 1. The summed E-state index contributed by atoms with van der Waals surface area (Å²) in [6.45, 7) is 4.38. The Hall–Kier alpha value is -1.33. The van der Waals surface area contributed by atoms with Crippen molar-refractivity contribution in [2.45, 2.75) is 20.4 Å². The van der Waals surface area contributed by atoms with Crippen molar-refractivity contribution in [2.24, 2.45) is 7.05 Å². The Kier molecular flexibility index (Phi) is 4.50. The van der Waals surface area contributed by atoms with Crippen LogP contribution in [0.2, 0.25) is 5.02 Å². The lowest BCUT2D eigenvalue weighted by atomic mass is 10.1. The molecule has 20 heavy (non-hydrogen) atoms. The van der Waals surface area contributed by atoms with E-state index in [0.29, 0.717) is 17.1 Å². The monoisotopic (exact) mass is 355 g/mol. The standard InChI is InChI=1S/C14H15BrClN3O/c1-8-11(9(2)19(3)18-8)7-17-14(20)10-4-5-12(15)13(16)6-10/h4-6H,7H2,1-3H3,(H,17,20). The average Bonchev–Trinajstić information content (AvgIpc) is 2.64. The number of nitrogens with zero attached hydrogens (tertiary/aromatic N) is 2. The van der Waals surface area contributed by atoms with E-state index in [2.05, 4.69) is 26.3 Å². The zero-order valence-electron chi connectivity index (χ0n) is 11.5. The van der Waals surface area contributed by atoms with E-state index >= 15 is 0 Å². The minimum absolute atomic E-state index is 0.151. The lowest BCUT2D eigenvalue weighted by Crippen LogP contribution is -2.23. The largest absolute Gasteiger partial charge is 0.348 e. The molecule has 106 valence electrons. The van der Waals surface area contributed by atoms with Crippen molar-refractivity contribution in [1.82, 2.24) is 15.1 Å². The minimum Gasteiger partial charge on any atom is -0.348 e. The predicted molar refractivity (Wildman–Crippen MR) is 83.0 cm³/mol. The fourth-order valence-corrected chi connectivity index (χ4v) is 2.41. The predicted octanol–water partition coefficient (Wildman–Crippen LogP) is 3.38. The van der Waals surface area contributed by atoms with E-state index in [-0.39, 0.29) is 5.91 Å². The van der Waals surface area contributed by atoms with Crippen molar-refractivity contribution in [3.63, 3.8) is 0 Å². The maximum absolute atomic E-state index is 12.1. The van der Waals surface area contributed by atoms with Crippen molar-refractivity contribution in [3.05, 3.63) is 50.2 Å². The SMILES string of the molecule is Cc1nn(C)c(C)c1CNC(=O)c1ccc(Br)c(Cl)c1. The second-order valence-electron chi connectivity index (χ2n) is 4.58. The van der Waals surface area contributed by atoms with E-state index in [9.17, 15) is 4.79 Å². The van der Waals surface area contributed by atoms with Crippen LogP contribution in [0.1, 0.15) is 27.3 Å². The third kappa shape index (κ3) is 3.04. The first-order chi connectivity index (χ1) is 9.40. The lowest BCUT2D eigenvalue weighted by Gasteiger charge is -2.07. The molecule has 0 spiro atoms. The van der Waals surface area contributed by atoms with E-state index < -0.39 is 0 Å². The van der Waals surface area contributed by atoms with Crippen LogP contribution in [0.4, 0.5) is 0 Å². The number of halogens is 2. The molecule has 1 aromatic carbocycles. The summed E-state index contributed by atoms with van der Waals surface area (Å²) >= 11 is 9.29. The van der Waals surface area contributed by atoms with Gasteiger partial charge in [-0.1, -0.05) is 11.6 Å². The first kappa shape index (κ1) is 15.1. The maximum atomic E-state index is 12.1. The second kappa shape index (κ2) is 5.97. The third-order valence-corrected chi connectivity index (χ3v) is 4.50. The van der Waals surface area contributed by atoms with Crippen molar-refractivity contribution in [2.75, 3.05) is 0 Å². The summed E-state index contributed by atoms with van der Waals surface area (Å²) in [5.74, 6) is -0.151. The zero-order valence-corrected chi connectivity index (χ0v) is 13.8. The van der Waals surface area contributed by atoms with Crippen LogP contribution >= 0.6 is 27.5 Å². The smallest absolute Gasteiger partial charge is 0.251 e. The van der Waals surface area contributed by atoms with Crippen molar-refractivity contribution in [3.8, 4) is 0 Å². The normalized spacial score (nSPS) is 10.7. The van der Waals surface area contributed by atoms with Crippen LogP contribution in [0.3, 0.4) is 0 Å². The summed E-state index contributed by atoms with van der Waals surface area (Å²) in [6.07, 6.45) is 0. The average molecular weight is 357 g/mol. The molecule has 4 nitrogen and oxygen atoms in total. The lowest BCUT2D eigenvalue weighted by molar-refractivity contribution is 0.0951. The Balaban J connectivity index is 2.10. The molecule has 0 saturated carbocycles. The maximum Gasteiger partial charge on any atom is 0.251 e. The molecule has 0 saturated heterocycles. The number of benzene rings is 1. The van der Waals surface area contributed by atoms with E-state index in [4.69, 9.17) is 11.6 Å². The van der Waals surface area contributed by atoms with Crippen molar-refractivity contribution in [1.29, 1.82) is 0 Å². The number of aromatic nitrogens is 2. The van der Waals surface area contributed by atoms with Gasteiger partial charge in [-0.3, -0.25) is 9.48 Å². The fraction of sp³-hybridized carbons (Fsp3) is 0.286. The Morgan fingerprint density at radius 3 is 2.70 bits per heavy atom. The highest BCUT2D eigenvalue weighted by molar-refractivity contribution is 9.10. The molecule has 1 amide bonds. The molecule has 0 bridgehead atoms. The Morgan fingerprint density at radius 2 is 2.15 bits per heavy atom. The number of amides is 1. The van der Waals surface area contributed by atoms with E-state index in [1.807, 2.05) is 25.6 Å². The Morgan fingerprint density at radius 1 is 1.45 bits per heavy atom. The highest BCUT2D eigenvalue weighted by Crippen LogP contribution is 2.23. The van der Waals surface area contributed by atoms with Crippen LogP contribution < -0.4 is 5.32 Å². The van der Waals surface area contributed by atoms with Gasteiger partial charge in [0, 0.05) is 34.9 Å². The molecule has 0 radical (unpaired) electrons. The van der Waals surface area contributed by atoms with Crippen molar-refractivity contribution < 1.29 is 4.79 Å². The van der Waals surface area contributed by atoms with E-state index in [0.717, 1.165) is 21.4 Å². The number of aryl methyl sites for hydroxylation is 2. The number of carbonyl (C=O) groups is 1. The molecule has 0 aliphatic rings. The summed E-state index contributed by atoms with van der Waals surface area (Å²) in [5.41, 5.74) is 3.57. The molecule has 0 aliphatic carbocycles. The van der Waals surface area contributed by atoms with Crippen LogP contribution in [-0.2, 0) is 13.6 Å². The van der Waals surface area contributed by atoms with Gasteiger partial charge in [0.25, 0.3) is 5.91 Å². The van der Waals surface area contributed by atoms with Crippen LogP contribution in [0, 0.1) is 13.8 Å². The van der Waals surface area contributed by atoms with Gasteiger partial charge in [0.2, 0.25) is 0 Å². The highest BCUT2D eigenvalue weighted by atomic mass is 79.9. The molecule has 1 heterocycles. The molecule has 0 fully saturated rings. The highest BCUT2D eigenvalue weighted by Gasteiger charge is 2.12. The van der Waals surface area contributed by atoms with Gasteiger partial charge in [0.05, 0.1) is 10.7 Å². The van der Waals surface area contributed by atoms with Crippen LogP contribution in [0.5, 0.6) is 0 Å².